The van der Waals surface area contributed by atoms with E-state index >= 15 is 0 Å². The van der Waals surface area contributed by atoms with Crippen molar-refractivity contribution in [3.63, 3.8) is 0 Å². The van der Waals surface area contributed by atoms with Gasteiger partial charge in [0.25, 0.3) is 0 Å². The van der Waals surface area contributed by atoms with Crippen molar-refractivity contribution in [1.29, 1.82) is 0 Å². The van der Waals surface area contributed by atoms with Gasteiger partial charge in [0, 0.05) is 18.8 Å². The first-order valence-electron chi connectivity index (χ1n) is 7.50. The largest absolute Gasteiger partial charge is 0.461 e. The lowest BCUT2D eigenvalue weighted by atomic mass is 10.1. The fourth-order valence-electron chi connectivity index (χ4n) is 2.74. The van der Waals surface area contributed by atoms with E-state index in [2.05, 4.69) is 0 Å². The number of carbonyl (C=O) groups excluding carboxylic acids is 1. The highest BCUT2D eigenvalue weighted by molar-refractivity contribution is 5.89. The van der Waals surface area contributed by atoms with Crippen molar-refractivity contribution >= 4 is 11.7 Å². The van der Waals surface area contributed by atoms with Crippen LogP contribution in [0.15, 0.2) is 12.3 Å². The highest BCUT2D eigenvalue weighted by Crippen LogP contribution is 2.37. The molecule has 1 saturated carbocycles. The van der Waals surface area contributed by atoms with Gasteiger partial charge >= 0.3 is 5.97 Å². The molecule has 2 N–H and O–H groups in total. The summed E-state index contributed by atoms with van der Waals surface area (Å²) in [7, 11) is 0. The van der Waals surface area contributed by atoms with Crippen LogP contribution < -0.4 is 5.73 Å². The summed E-state index contributed by atoms with van der Waals surface area (Å²) in [5, 5.41) is 0. The van der Waals surface area contributed by atoms with Crippen LogP contribution in [0, 0.1) is 0 Å². The number of nitrogen functional groups attached to an aromatic ring is 1. The summed E-state index contributed by atoms with van der Waals surface area (Å²) in [4.78, 5) is 12.1. The van der Waals surface area contributed by atoms with Crippen LogP contribution in [0.1, 0.15) is 55.1 Å². The molecule has 0 aromatic carbocycles. The fourth-order valence-corrected chi connectivity index (χ4v) is 2.74. The van der Waals surface area contributed by atoms with Gasteiger partial charge < -0.3 is 19.8 Å². The molecule has 20 heavy (non-hydrogen) atoms. The molecule has 1 unspecified atom stereocenters. The van der Waals surface area contributed by atoms with E-state index in [4.69, 9.17) is 15.2 Å². The maximum absolute atomic E-state index is 12.1. The molecule has 1 saturated heterocycles. The molecule has 1 aliphatic carbocycles. The summed E-state index contributed by atoms with van der Waals surface area (Å²) in [5.41, 5.74) is 6.99. The number of nitrogens with two attached hydrogens (primary N) is 1. The first kappa shape index (κ1) is 13.5. The summed E-state index contributed by atoms with van der Waals surface area (Å²) in [6, 6.07) is 2.14. The number of anilines is 1. The zero-order valence-electron chi connectivity index (χ0n) is 11.7. The number of nitrogens with zero attached hydrogens (tertiary/aromatic N) is 1. The van der Waals surface area contributed by atoms with Crippen molar-refractivity contribution in [3.05, 3.63) is 18.0 Å². The number of hydrogen-bond acceptors (Lipinski definition) is 4. The van der Waals surface area contributed by atoms with Gasteiger partial charge in [-0.25, -0.2) is 4.79 Å². The van der Waals surface area contributed by atoms with Gasteiger partial charge in [-0.15, -0.1) is 0 Å². The third kappa shape index (κ3) is 3.15. The highest BCUT2D eigenvalue weighted by Gasteiger charge is 2.28. The molecule has 0 amide bonds. The Labute approximate surface area is 119 Å². The molecule has 5 heteroatoms. The molecule has 0 spiro atoms. The van der Waals surface area contributed by atoms with Gasteiger partial charge in [-0.05, 0) is 44.6 Å². The number of aromatic nitrogens is 1. The summed E-state index contributed by atoms with van der Waals surface area (Å²) >= 11 is 0. The van der Waals surface area contributed by atoms with Crippen molar-refractivity contribution in [3.8, 4) is 0 Å². The zero-order valence-corrected chi connectivity index (χ0v) is 11.7. The van der Waals surface area contributed by atoms with Gasteiger partial charge in [-0.1, -0.05) is 0 Å². The molecular formula is C15H22N2O3. The fraction of sp³-hybridized carbons (Fsp3) is 0.667. The standard InChI is InChI=1S/C15H22N2O3/c16-11-9-14(17(10-11)12-5-6-12)15(18)20-8-2-4-13-3-1-7-19-13/h9-10,12-13H,1-8,16H2. The molecule has 1 aliphatic heterocycles. The molecule has 3 rings (SSSR count). The van der Waals surface area contributed by atoms with Crippen LogP contribution in [0.2, 0.25) is 0 Å². The van der Waals surface area contributed by atoms with Crippen LogP contribution in [-0.4, -0.2) is 29.9 Å². The van der Waals surface area contributed by atoms with Gasteiger partial charge in [0.15, 0.2) is 0 Å². The van der Waals surface area contributed by atoms with Crippen molar-refractivity contribution in [2.75, 3.05) is 18.9 Å². The van der Waals surface area contributed by atoms with Crippen molar-refractivity contribution in [1.82, 2.24) is 4.57 Å². The van der Waals surface area contributed by atoms with Gasteiger partial charge in [-0.2, -0.15) is 0 Å². The van der Waals surface area contributed by atoms with E-state index in [1.165, 1.54) is 0 Å². The Balaban J connectivity index is 1.46. The Morgan fingerprint density at radius 1 is 1.45 bits per heavy atom. The van der Waals surface area contributed by atoms with E-state index in [1.807, 2.05) is 10.8 Å². The van der Waals surface area contributed by atoms with E-state index in [-0.39, 0.29) is 5.97 Å². The molecule has 1 atom stereocenters. The molecule has 0 radical (unpaired) electrons. The quantitative estimate of drug-likeness (QED) is 0.641. The van der Waals surface area contributed by atoms with E-state index in [0.717, 1.165) is 45.1 Å². The van der Waals surface area contributed by atoms with Gasteiger partial charge in [0.05, 0.1) is 18.4 Å². The summed E-state index contributed by atoms with van der Waals surface area (Å²) in [5.74, 6) is -0.263. The second kappa shape index (κ2) is 5.87. The molecule has 110 valence electrons. The van der Waals surface area contributed by atoms with E-state index in [9.17, 15) is 4.79 Å². The van der Waals surface area contributed by atoms with Crippen LogP contribution >= 0.6 is 0 Å². The number of carbonyl (C=O) groups is 1. The molecule has 5 nitrogen and oxygen atoms in total. The third-order valence-corrected chi connectivity index (χ3v) is 3.95. The SMILES string of the molecule is Nc1cc(C(=O)OCCCC2CCCO2)n(C2CC2)c1. The Morgan fingerprint density at radius 2 is 2.30 bits per heavy atom. The maximum atomic E-state index is 12.1. The van der Waals surface area contributed by atoms with Crippen molar-refractivity contribution in [2.45, 2.75) is 50.7 Å². The monoisotopic (exact) mass is 278 g/mol. The van der Waals surface area contributed by atoms with E-state index in [0.29, 0.717) is 30.1 Å². The normalized spacial score (nSPS) is 22.1. The predicted molar refractivity (Wildman–Crippen MR) is 75.6 cm³/mol. The van der Waals surface area contributed by atoms with E-state index in [1.54, 1.807) is 6.07 Å². The summed E-state index contributed by atoms with van der Waals surface area (Å²) in [6.07, 6.45) is 8.55. The molecule has 2 aliphatic rings. The number of rotatable bonds is 6. The van der Waals surface area contributed by atoms with Gasteiger partial charge in [0.1, 0.15) is 5.69 Å². The van der Waals surface area contributed by atoms with E-state index < -0.39 is 0 Å². The first-order valence-corrected chi connectivity index (χ1v) is 7.50. The Kier molecular flexibility index (Phi) is 3.96. The second-order valence-electron chi connectivity index (χ2n) is 5.71. The van der Waals surface area contributed by atoms with Crippen LogP contribution in [0.4, 0.5) is 5.69 Å². The van der Waals surface area contributed by atoms with Crippen molar-refractivity contribution in [2.24, 2.45) is 0 Å². The number of ether oxygens (including phenoxy) is 2. The lowest BCUT2D eigenvalue weighted by Crippen LogP contribution is -2.13. The third-order valence-electron chi connectivity index (χ3n) is 3.95. The minimum atomic E-state index is -0.263. The first-order chi connectivity index (χ1) is 9.74. The minimum absolute atomic E-state index is 0.263. The van der Waals surface area contributed by atoms with Crippen molar-refractivity contribution < 1.29 is 14.3 Å². The lowest BCUT2D eigenvalue weighted by molar-refractivity contribution is 0.0449. The topological polar surface area (TPSA) is 66.5 Å². The predicted octanol–water partition coefficient (Wildman–Crippen LogP) is 2.52. The number of hydrogen-bond donors (Lipinski definition) is 1. The number of esters is 1. The molecular weight excluding hydrogens is 256 g/mol. The minimum Gasteiger partial charge on any atom is -0.461 e. The highest BCUT2D eigenvalue weighted by atomic mass is 16.5. The van der Waals surface area contributed by atoms with Crippen LogP contribution in [0.5, 0.6) is 0 Å². The smallest absolute Gasteiger partial charge is 0.355 e. The molecule has 2 fully saturated rings. The second-order valence-corrected chi connectivity index (χ2v) is 5.71. The molecule has 1 aromatic heterocycles. The Morgan fingerprint density at radius 3 is 3.00 bits per heavy atom. The van der Waals surface area contributed by atoms with Gasteiger partial charge in [0.2, 0.25) is 0 Å². The van der Waals surface area contributed by atoms with Crippen LogP contribution in [0.25, 0.3) is 0 Å². The lowest BCUT2D eigenvalue weighted by Gasteiger charge is -2.10. The molecule has 1 aromatic rings. The molecule has 0 bridgehead atoms. The molecule has 2 heterocycles. The van der Waals surface area contributed by atoms with Crippen LogP contribution in [-0.2, 0) is 9.47 Å². The average molecular weight is 278 g/mol. The summed E-state index contributed by atoms with van der Waals surface area (Å²) < 4.78 is 12.9. The Bertz CT molecular complexity index is 473. The maximum Gasteiger partial charge on any atom is 0.355 e. The van der Waals surface area contributed by atoms with Crippen LogP contribution in [0.3, 0.4) is 0 Å². The summed E-state index contributed by atoms with van der Waals surface area (Å²) in [6.45, 7) is 1.33. The average Bonchev–Trinajstić information content (AvgIpc) is 3.00. The van der Waals surface area contributed by atoms with Gasteiger partial charge in [-0.3, -0.25) is 0 Å². The zero-order chi connectivity index (χ0) is 13.9. The Hall–Kier alpha value is -1.49.